The maximum Gasteiger partial charge on any atom is 0.288 e. The molecule has 20 heavy (non-hydrogen) atoms. The second kappa shape index (κ2) is 5.66. The molecule has 8 heteroatoms. The first-order valence-electron chi connectivity index (χ1n) is 6.24. The van der Waals surface area contributed by atoms with Crippen LogP contribution in [-0.2, 0) is 0 Å². The fraction of sp³-hybridized carbons (Fsp3) is 0.500. The van der Waals surface area contributed by atoms with Crippen LogP contribution in [0.15, 0.2) is 12.3 Å². The minimum atomic E-state index is -0.582. The molecule has 1 aromatic heterocycles. The number of nitrogens with zero attached hydrogens (tertiary/aromatic N) is 3. The number of pyridine rings is 1. The molecule has 1 fully saturated rings. The molecule has 1 aliphatic heterocycles. The minimum absolute atomic E-state index is 0.0266. The van der Waals surface area contributed by atoms with Gasteiger partial charge in [-0.2, -0.15) is 11.8 Å². The lowest BCUT2D eigenvalue weighted by atomic mass is 10.1. The van der Waals surface area contributed by atoms with Crippen molar-refractivity contribution in [3.05, 3.63) is 27.9 Å². The average molecular weight is 296 g/mol. The number of nitrogen functional groups attached to an aromatic ring is 1. The van der Waals surface area contributed by atoms with Crippen LogP contribution in [0.4, 0.5) is 11.5 Å². The van der Waals surface area contributed by atoms with E-state index in [1.54, 1.807) is 16.7 Å². The standard InChI is InChI=1S/C12H16N4O3S/c1-7-8(2)20-4-3-15(7)12(17)10-5-9(16(18)19)6-14-11(10)13/h5-8H,3-4H2,1-2H3,(H2,13,14). The highest BCUT2D eigenvalue weighted by molar-refractivity contribution is 8.00. The first kappa shape index (κ1) is 14.6. The number of nitro groups is 1. The van der Waals surface area contributed by atoms with Crippen molar-refractivity contribution in [2.45, 2.75) is 25.1 Å². The van der Waals surface area contributed by atoms with Crippen LogP contribution in [0.2, 0.25) is 0 Å². The largest absolute Gasteiger partial charge is 0.383 e. The Morgan fingerprint density at radius 1 is 1.60 bits per heavy atom. The van der Waals surface area contributed by atoms with Gasteiger partial charge in [-0.3, -0.25) is 14.9 Å². The summed E-state index contributed by atoms with van der Waals surface area (Å²) in [5.74, 6) is 0.580. The second-order valence-corrected chi connectivity index (χ2v) is 6.18. The van der Waals surface area contributed by atoms with Crippen molar-refractivity contribution in [2.75, 3.05) is 18.0 Å². The fourth-order valence-corrected chi connectivity index (χ4v) is 3.21. The molecule has 108 valence electrons. The molecular weight excluding hydrogens is 280 g/mol. The van der Waals surface area contributed by atoms with Gasteiger partial charge in [0.05, 0.1) is 10.5 Å². The van der Waals surface area contributed by atoms with Crippen molar-refractivity contribution < 1.29 is 9.72 Å². The van der Waals surface area contributed by atoms with Crippen LogP contribution in [0.25, 0.3) is 0 Å². The minimum Gasteiger partial charge on any atom is -0.383 e. The Morgan fingerprint density at radius 2 is 2.30 bits per heavy atom. The van der Waals surface area contributed by atoms with E-state index >= 15 is 0 Å². The Hall–Kier alpha value is -1.83. The predicted octanol–water partition coefficient (Wildman–Crippen LogP) is 1.54. The zero-order valence-electron chi connectivity index (χ0n) is 11.3. The van der Waals surface area contributed by atoms with Gasteiger partial charge >= 0.3 is 0 Å². The predicted molar refractivity (Wildman–Crippen MR) is 77.7 cm³/mol. The van der Waals surface area contributed by atoms with E-state index in [9.17, 15) is 14.9 Å². The highest BCUT2D eigenvalue weighted by atomic mass is 32.2. The molecule has 1 aliphatic rings. The van der Waals surface area contributed by atoms with E-state index in [0.29, 0.717) is 11.8 Å². The quantitative estimate of drug-likeness (QED) is 0.656. The molecule has 2 unspecified atom stereocenters. The summed E-state index contributed by atoms with van der Waals surface area (Å²) in [4.78, 5) is 28.2. The highest BCUT2D eigenvalue weighted by Gasteiger charge is 2.31. The summed E-state index contributed by atoms with van der Waals surface area (Å²) in [5.41, 5.74) is 5.57. The van der Waals surface area contributed by atoms with Gasteiger partial charge in [0.25, 0.3) is 11.6 Å². The number of thioether (sulfide) groups is 1. The van der Waals surface area contributed by atoms with Gasteiger partial charge in [-0.25, -0.2) is 4.98 Å². The Kier molecular flexibility index (Phi) is 4.12. The van der Waals surface area contributed by atoms with Crippen LogP contribution in [-0.4, -0.2) is 44.3 Å². The van der Waals surface area contributed by atoms with Crippen molar-refractivity contribution in [3.63, 3.8) is 0 Å². The molecule has 2 N–H and O–H groups in total. The van der Waals surface area contributed by atoms with Gasteiger partial charge in [-0.05, 0) is 6.92 Å². The van der Waals surface area contributed by atoms with Gasteiger partial charge in [0.15, 0.2) is 0 Å². The number of anilines is 1. The average Bonchev–Trinajstić information content (AvgIpc) is 2.41. The van der Waals surface area contributed by atoms with Crippen LogP contribution >= 0.6 is 11.8 Å². The lowest BCUT2D eigenvalue weighted by Crippen LogP contribution is -2.48. The van der Waals surface area contributed by atoms with Crippen LogP contribution in [0, 0.1) is 10.1 Å². The van der Waals surface area contributed by atoms with E-state index in [-0.39, 0.29) is 29.0 Å². The van der Waals surface area contributed by atoms with Crippen molar-refractivity contribution in [3.8, 4) is 0 Å². The smallest absolute Gasteiger partial charge is 0.288 e. The van der Waals surface area contributed by atoms with E-state index < -0.39 is 4.92 Å². The third-order valence-corrected chi connectivity index (χ3v) is 4.83. The van der Waals surface area contributed by atoms with E-state index in [0.717, 1.165) is 11.9 Å². The van der Waals surface area contributed by atoms with Crippen molar-refractivity contribution in [1.82, 2.24) is 9.88 Å². The van der Waals surface area contributed by atoms with E-state index in [1.807, 2.05) is 6.92 Å². The Bertz CT molecular complexity index is 552. The van der Waals surface area contributed by atoms with Crippen LogP contribution < -0.4 is 5.73 Å². The normalized spacial score (nSPS) is 22.6. The number of hydrogen-bond donors (Lipinski definition) is 1. The number of hydrogen-bond acceptors (Lipinski definition) is 6. The number of rotatable bonds is 2. The number of carbonyl (C=O) groups excluding carboxylic acids is 1. The summed E-state index contributed by atoms with van der Waals surface area (Å²) < 4.78 is 0. The number of carbonyl (C=O) groups is 1. The summed E-state index contributed by atoms with van der Waals surface area (Å²) in [6.45, 7) is 4.64. The number of amides is 1. The van der Waals surface area contributed by atoms with Crippen LogP contribution in [0.1, 0.15) is 24.2 Å². The summed E-state index contributed by atoms with van der Waals surface area (Å²) in [6, 6.07) is 1.25. The van der Waals surface area contributed by atoms with Crippen molar-refractivity contribution in [1.29, 1.82) is 0 Å². The molecule has 1 saturated heterocycles. The fourth-order valence-electron chi connectivity index (χ4n) is 2.11. The molecule has 0 aromatic carbocycles. The summed E-state index contributed by atoms with van der Waals surface area (Å²) in [6.07, 6.45) is 1.06. The third-order valence-electron chi connectivity index (χ3n) is 3.49. The lowest BCUT2D eigenvalue weighted by molar-refractivity contribution is -0.385. The van der Waals surface area contributed by atoms with Gasteiger partial charge in [0.1, 0.15) is 12.0 Å². The van der Waals surface area contributed by atoms with Crippen LogP contribution in [0.5, 0.6) is 0 Å². The Morgan fingerprint density at radius 3 is 2.95 bits per heavy atom. The van der Waals surface area contributed by atoms with Crippen molar-refractivity contribution >= 4 is 29.2 Å². The van der Waals surface area contributed by atoms with Gasteiger partial charge < -0.3 is 10.6 Å². The Labute approximate surface area is 120 Å². The van der Waals surface area contributed by atoms with Crippen molar-refractivity contribution in [2.24, 2.45) is 0 Å². The van der Waals surface area contributed by atoms with E-state index in [2.05, 4.69) is 11.9 Å². The number of nitrogens with two attached hydrogens (primary N) is 1. The first-order valence-corrected chi connectivity index (χ1v) is 7.29. The highest BCUT2D eigenvalue weighted by Crippen LogP contribution is 2.27. The molecule has 0 spiro atoms. The van der Waals surface area contributed by atoms with Crippen LogP contribution in [0.3, 0.4) is 0 Å². The van der Waals surface area contributed by atoms with Gasteiger partial charge in [0, 0.05) is 29.7 Å². The summed E-state index contributed by atoms with van der Waals surface area (Å²) in [5, 5.41) is 11.1. The third kappa shape index (κ3) is 2.69. The molecule has 2 rings (SSSR count). The van der Waals surface area contributed by atoms with E-state index in [4.69, 9.17) is 5.73 Å². The number of aromatic nitrogens is 1. The zero-order chi connectivity index (χ0) is 14.9. The molecular formula is C12H16N4O3S. The lowest BCUT2D eigenvalue weighted by Gasteiger charge is -2.37. The molecule has 7 nitrogen and oxygen atoms in total. The summed E-state index contributed by atoms with van der Waals surface area (Å²) in [7, 11) is 0. The van der Waals surface area contributed by atoms with Gasteiger partial charge in [-0.15, -0.1) is 0 Å². The second-order valence-electron chi connectivity index (χ2n) is 4.70. The molecule has 0 bridgehead atoms. The zero-order valence-corrected chi connectivity index (χ0v) is 12.1. The maximum absolute atomic E-state index is 12.5. The summed E-state index contributed by atoms with van der Waals surface area (Å²) >= 11 is 1.81. The molecule has 1 aromatic rings. The van der Waals surface area contributed by atoms with Gasteiger partial charge in [-0.1, -0.05) is 6.92 Å². The Balaban J connectivity index is 2.33. The molecule has 2 heterocycles. The molecule has 0 radical (unpaired) electrons. The molecule has 1 amide bonds. The van der Waals surface area contributed by atoms with Gasteiger partial charge in [0.2, 0.25) is 0 Å². The monoisotopic (exact) mass is 296 g/mol. The van der Waals surface area contributed by atoms with E-state index in [1.165, 1.54) is 6.07 Å². The topological polar surface area (TPSA) is 102 Å². The first-order chi connectivity index (χ1) is 9.41. The molecule has 0 aliphatic carbocycles. The molecule has 2 atom stereocenters. The SMILES string of the molecule is CC1SCCN(C(=O)c2cc([N+](=O)[O-])cnc2N)C1C. The maximum atomic E-state index is 12.5. The molecule has 0 saturated carbocycles.